The molecular formula is C15H10F2N4O3. The van der Waals surface area contributed by atoms with Gasteiger partial charge in [-0.05, 0) is 18.2 Å². The molecule has 2 aromatic heterocycles. The highest BCUT2D eigenvalue weighted by Gasteiger charge is 2.13. The van der Waals surface area contributed by atoms with E-state index in [1.54, 1.807) is 0 Å². The first-order valence-electron chi connectivity index (χ1n) is 6.78. The van der Waals surface area contributed by atoms with Crippen molar-refractivity contribution < 1.29 is 18.1 Å². The number of nitrogens with one attached hydrogen (secondary N) is 2. The van der Waals surface area contributed by atoms with E-state index in [1.165, 1.54) is 24.3 Å². The fraction of sp³-hybridized carbons (Fsp3) is 0.0667. The minimum absolute atomic E-state index is 0.00591. The fourth-order valence-corrected chi connectivity index (χ4v) is 1.94. The third-order valence-corrected chi connectivity index (χ3v) is 3.10. The smallest absolute Gasteiger partial charge is 0.272 e. The molecule has 1 amide bonds. The van der Waals surface area contributed by atoms with Crippen LogP contribution < -0.4 is 10.9 Å². The Morgan fingerprint density at radius 3 is 2.75 bits per heavy atom. The zero-order valence-corrected chi connectivity index (χ0v) is 12.0. The molecule has 3 aromatic rings. The highest BCUT2D eigenvalue weighted by molar-refractivity contribution is 5.91. The summed E-state index contributed by atoms with van der Waals surface area (Å²) in [7, 11) is 0. The zero-order valence-electron chi connectivity index (χ0n) is 12.0. The molecule has 0 bridgehead atoms. The van der Waals surface area contributed by atoms with Crippen LogP contribution in [0, 0.1) is 11.6 Å². The van der Waals surface area contributed by atoms with E-state index in [4.69, 9.17) is 4.52 Å². The number of rotatable bonds is 4. The summed E-state index contributed by atoms with van der Waals surface area (Å²) in [4.78, 5) is 22.7. The first-order valence-corrected chi connectivity index (χ1v) is 6.78. The standard InChI is InChI=1S/C15H10F2N4O3/c16-8-1-2-10(11(17)5-8)13-6-9(21-24-13)7-18-15(23)12-3-4-14(22)20-19-12/h1-6H,7H2,(H,18,23)(H,20,22). The number of hydrogen-bond donors (Lipinski definition) is 2. The normalized spacial score (nSPS) is 10.6. The highest BCUT2D eigenvalue weighted by Crippen LogP contribution is 2.24. The lowest BCUT2D eigenvalue weighted by Gasteiger charge is -2.00. The lowest BCUT2D eigenvalue weighted by Crippen LogP contribution is -2.25. The minimum atomic E-state index is -0.779. The Kier molecular flexibility index (Phi) is 4.15. The number of benzene rings is 1. The van der Waals surface area contributed by atoms with E-state index >= 15 is 0 Å². The zero-order chi connectivity index (χ0) is 17.1. The molecule has 7 nitrogen and oxygen atoms in total. The Balaban J connectivity index is 1.69. The van der Waals surface area contributed by atoms with Gasteiger partial charge in [0.25, 0.3) is 11.5 Å². The second-order valence-corrected chi connectivity index (χ2v) is 4.80. The molecule has 2 heterocycles. The van der Waals surface area contributed by atoms with Gasteiger partial charge in [0, 0.05) is 18.2 Å². The highest BCUT2D eigenvalue weighted by atomic mass is 19.1. The van der Waals surface area contributed by atoms with E-state index in [-0.39, 0.29) is 23.6 Å². The summed E-state index contributed by atoms with van der Waals surface area (Å²) in [5, 5.41) is 12.0. The Hall–Kier alpha value is -3.36. The van der Waals surface area contributed by atoms with Gasteiger partial charge in [-0.1, -0.05) is 5.16 Å². The van der Waals surface area contributed by atoms with Crippen molar-refractivity contribution in [3.8, 4) is 11.3 Å². The number of aromatic nitrogens is 3. The van der Waals surface area contributed by atoms with Crippen LogP contribution in [-0.4, -0.2) is 21.3 Å². The third kappa shape index (κ3) is 3.35. The van der Waals surface area contributed by atoms with Gasteiger partial charge in [0.15, 0.2) is 5.76 Å². The van der Waals surface area contributed by atoms with Gasteiger partial charge in [0.1, 0.15) is 23.0 Å². The van der Waals surface area contributed by atoms with Crippen LogP contribution >= 0.6 is 0 Å². The van der Waals surface area contributed by atoms with E-state index in [2.05, 4.69) is 20.7 Å². The number of halogens is 2. The van der Waals surface area contributed by atoms with Crippen LogP contribution in [0.15, 0.2) is 45.7 Å². The Morgan fingerprint density at radius 2 is 2.04 bits per heavy atom. The van der Waals surface area contributed by atoms with Crippen LogP contribution in [0.4, 0.5) is 8.78 Å². The van der Waals surface area contributed by atoms with Crippen molar-refractivity contribution in [3.05, 3.63) is 69.8 Å². The molecule has 0 saturated heterocycles. The van der Waals surface area contributed by atoms with Crippen LogP contribution in [0.25, 0.3) is 11.3 Å². The van der Waals surface area contributed by atoms with Crippen molar-refractivity contribution >= 4 is 5.91 Å². The van der Waals surface area contributed by atoms with E-state index in [1.807, 2.05) is 0 Å². The molecule has 0 aliphatic heterocycles. The number of aromatic amines is 1. The van der Waals surface area contributed by atoms with Gasteiger partial charge >= 0.3 is 0 Å². The van der Waals surface area contributed by atoms with E-state index < -0.39 is 23.1 Å². The summed E-state index contributed by atoms with van der Waals surface area (Å²) in [5.41, 5.74) is 0.00666. The SMILES string of the molecule is O=C(NCc1cc(-c2ccc(F)cc2F)on1)c1ccc(=O)[nH]n1. The van der Waals surface area contributed by atoms with Crippen molar-refractivity contribution in [2.24, 2.45) is 0 Å². The largest absolute Gasteiger partial charge is 0.356 e. The maximum Gasteiger partial charge on any atom is 0.272 e. The molecule has 0 unspecified atom stereocenters. The van der Waals surface area contributed by atoms with Gasteiger partial charge in [-0.15, -0.1) is 0 Å². The molecule has 0 fully saturated rings. The lowest BCUT2D eigenvalue weighted by atomic mass is 10.1. The summed E-state index contributed by atoms with van der Waals surface area (Å²) < 4.78 is 31.6. The predicted molar refractivity (Wildman–Crippen MR) is 77.9 cm³/mol. The van der Waals surface area contributed by atoms with Crippen LogP contribution in [0.5, 0.6) is 0 Å². The molecule has 9 heteroatoms. The molecule has 1 aromatic carbocycles. The number of carbonyl (C=O) groups excluding carboxylic acids is 1. The van der Waals surface area contributed by atoms with Crippen molar-refractivity contribution in [3.63, 3.8) is 0 Å². The minimum Gasteiger partial charge on any atom is -0.356 e. The van der Waals surface area contributed by atoms with Crippen molar-refractivity contribution in [2.45, 2.75) is 6.54 Å². The number of carbonyl (C=O) groups is 1. The Morgan fingerprint density at radius 1 is 1.21 bits per heavy atom. The van der Waals surface area contributed by atoms with Gasteiger partial charge in [0.2, 0.25) is 0 Å². The summed E-state index contributed by atoms with van der Waals surface area (Å²) in [6, 6.07) is 6.95. The molecule has 0 spiro atoms. The number of hydrogen-bond acceptors (Lipinski definition) is 5. The molecular weight excluding hydrogens is 322 g/mol. The molecule has 0 saturated carbocycles. The molecule has 0 radical (unpaired) electrons. The average molecular weight is 332 g/mol. The molecule has 122 valence electrons. The monoisotopic (exact) mass is 332 g/mol. The third-order valence-electron chi connectivity index (χ3n) is 3.10. The van der Waals surface area contributed by atoms with Gasteiger partial charge in [-0.2, -0.15) is 5.10 Å². The average Bonchev–Trinajstić information content (AvgIpc) is 3.02. The summed E-state index contributed by atoms with van der Waals surface area (Å²) in [6.07, 6.45) is 0. The summed E-state index contributed by atoms with van der Waals surface area (Å²) in [5.74, 6) is -1.89. The first-order chi connectivity index (χ1) is 11.5. The van der Waals surface area contributed by atoms with Gasteiger partial charge in [0.05, 0.1) is 12.1 Å². The van der Waals surface area contributed by atoms with Gasteiger partial charge in [-0.3, -0.25) is 9.59 Å². The fourth-order valence-electron chi connectivity index (χ4n) is 1.94. The second-order valence-electron chi connectivity index (χ2n) is 4.80. The van der Waals surface area contributed by atoms with Gasteiger partial charge < -0.3 is 9.84 Å². The van der Waals surface area contributed by atoms with E-state index in [9.17, 15) is 18.4 Å². The molecule has 0 atom stereocenters. The second kappa shape index (κ2) is 6.41. The lowest BCUT2D eigenvalue weighted by molar-refractivity contribution is 0.0944. The predicted octanol–water partition coefficient (Wildman–Crippen LogP) is 1.63. The quantitative estimate of drug-likeness (QED) is 0.756. The van der Waals surface area contributed by atoms with E-state index in [0.717, 1.165) is 12.1 Å². The van der Waals surface area contributed by atoms with Gasteiger partial charge in [-0.25, -0.2) is 13.9 Å². The van der Waals surface area contributed by atoms with Crippen LogP contribution in [-0.2, 0) is 6.54 Å². The first kappa shape index (κ1) is 15.5. The number of amides is 1. The van der Waals surface area contributed by atoms with Crippen LogP contribution in [0.3, 0.4) is 0 Å². The van der Waals surface area contributed by atoms with Crippen LogP contribution in [0.2, 0.25) is 0 Å². The molecule has 0 aliphatic carbocycles. The molecule has 24 heavy (non-hydrogen) atoms. The summed E-state index contributed by atoms with van der Waals surface area (Å²) >= 11 is 0. The van der Waals surface area contributed by atoms with Crippen molar-refractivity contribution in [1.82, 2.24) is 20.7 Å². The Labute approximate surface area is 133 Å². The topological polar surface area (TPSA) is 101 Å². The maximum absolute atomic E-state index is 13.7. The van der Waals surface area contributed by atoms with Crippen LogP contribution in [0.1, 0.15) is 16.2 Å². The Bertz CT molecular complexity index is 931. The molecule has 0 aliphatic rings. The van der Waals surface area contributed by atoms with Crippen molar-refractivity contribution in [1.29, 1.82) is 0 Å². The number of nitrogens with zero attached hydrogens (tertiary/aromatic N) is 2. The van der Waals surface area contributed by atoms with E-state index in [0.29, 0.717) is 5.69 Å². The van der Waals surface area contributed by atoms with Crippen molar-refractivity contribution in [2.75, 3.05) is 0 Å². The molecule has 3 rings (SSSR count). The number of H-pyrrole nitrogens is 1. The molecule has 2 N–H and O–H groups in total. The maximum atomic E-state index is 13.7. The summed E-state index contributed by atoms with van der Waals surface area (Å²) in [6.45, 7) is 0.00591.